The number of fused-ring (bicyclic) bond motifs is 1. The van der Waals surface area contributed by atoms with Crippen molar-refractivity contribution in [3.05, 3.63) is 88.2 Å². The maximum Gasteiger partial charge on any atom is 0.473 e. The lowest BCUT2D eigenvalue weighted by atomic mass is 10.1. The molecule has 0 amide bonds. The highest BCUT2D eigenvalue weighted by Crippen LogP contribution is 2.36. The zero-order valence-electron chi connectivity index (χ0n) is 20.4. The molecule has 14 heteroatoms. The van der Waals surface area contributed by atoms with Crippen LogP contribution in [0.15, 0.2) is 67.0 Å². The quantitative estimate of drug-likeness (QED) is 0.198. The summed E-state index contributed by atoms with van der Waals surface area (Å²) in [6.07, 6.45) is -2.71. The van der Waals surface area contributed by atoms with Crippen LogP contribution in [0.25, 0.3) is 11.2 Å². The van der Waals surface area contributed by atoms with Crippen molar-refractivity contribution in [1.29, 1.82) is 0 Å². The number of rotatable bonds is 8. The minimum atomic E-state index is -1.05. The van der Waals surface area contributed by atoms with Crippen LogP contribution in [0.2, 0.25) is 0 Å². The number of aromatic nitrogens is 4. The molecule has 1 aliphatic rings. The standard InChI is InChI=1S/C25H22N6O8/c1-36-19-18(39-24(33)15-10-6-3-7-11-15)16(12-37-23(32)14-8-4-2-5-9-14)38-22(19)30-13-27-17-20(26)28-25(31(34)35)29-21(17)30/h2-11,13,16,18-19,22H,12H2,1H3,(H2,26,28,29)/t16-,18-,19-,22-/m1/s1. The van der Waals surface area contributed by atoms with Gasteiger partial charge in [-0.05, 0) is 39.2 Å². The number of nitrogens with two attached hydrogens (primary N) is 1. The Bertz CT molecular complexity index is 1510. The lowest BCUT2D eigenvalue weighted by Crippen LogP contribution is -2.39. The van der Waals surface area contributed by atoms with Crippen molar-refractivity contribution in [2.24, 2.45) is 0 Å². The molecule has 1 fully saturated rings. The number of ether oxygens (including phenoxy) is 4. The molecule has 4 atom stereocenters. The van der Waals surface area contributed by atoms with E-state index in [1.54, 1.807) is 60.7 Å². The van der Waals surface area contributed by atoms with Gasteiger partial charge in [-0.2, -0.15) is 0 Å². The van der Waals surface area contributed by atoms with E-state index in [1.807, 2.05) is 0 Å². The normalized spacial score (nSPS) is 20.5. The van der Waals surface area contributed by atoms with E-state index in [1.165, 1.54) is 18.0 Å². The Balaban J connectivity index is 1.48. The zero-order valence-corrected chi connectivity index (χ0v) is 20.4. The minimum absolute atomic E-state index is 0.0105. The number of nitrogens with zero attached hydrogens (tertiary/aromatic N) is 5. The summed E-state index contributed by atoms with van der Waals surface area (Å²) in [5, 5.41) is 11.3. The van der Waals surface area contributed by atoms with Gasteiger partial charge in [-0.25, -0.2) is 14.6 Å². The minimum Gasteiger partial charge on any atom is -0.459 e. The summed E-state index contributed by atoms with van der Waals surface area (Å²) in [7, 11) is 1.38. The molecule has 0 unspecified atom stereocenters. The highest BCUT2D eigenvalue weighted by molar-refractivity contribution is 5.90. The molecule has 0 aliphatic carbocycles. The third-order valence-electron chi connectivity index (χ3n) is 6.07. The van der Waals surface area contributed by atoms with Gasteiger partial charge in [-0.3, -0.25) is 4.57 Å². The van der Waals surface area contributed by atoms with Gasteiger partial charge in [-0.1, -0.05) is 36.4 Å². The number of esters is 2. The first-order valence-corrected chi connectivity index (χ1v) is 11.7. The average molecular weight is 534 g/mol. The molecular formula is C25H22N6O8. The lowest BCUT2D eigenvalue weighted by molar-refractivity contribution is -0.394. The van der Waals surface area contributed by atoms with Gasteiger partial charge >= 0.3 is 17.9 Å². The van der Waals surface area contributed by atoms with Crippen LogP contribution in [0.1, 0.15) is 26.9 Å². The Morgan fingerprint density at radius 2 is 1.67 bits per heavy atom. The molecule has 0 saturated carbocycles. The Morgan fingerprint density at radius 3 is 2.28 bits per heavy atom. The molecule has 5 rings (SSSR count). The zero-order chi connectivity index (χ0) is 27.5. The first kappa shape index (κ1) is 25.7. The third-order valence-corrected chi connectivity index (χ3v) is 6.07. The van der Waals surface area contributed by atoms with Gasteiger partial charge in [0, 0.05) is 7.11 Å². The first-order valence-electron chi connectivity index (χ1n) is 11.7. The van der Waals surface area contributed by atoms with Crippen LogP contribution >= 0.6 is 0 Å². The highest BCUT2D eigenvalue weighted by Gasteiger charge is 2.50. The van der Waals surface area contributed by atoms with Gasteiger partial charge in [0.15, 0.2) is 17.8 Å². The third kappa shape index (κ3) is 5.10. The number of hydrogen-bond donors (Lipinski definition) is 1. The van der Waals surface area contributed by atoms with Crippen LogP contribution in [0, 0.1) is 10.1 Å². The molecule has 0 spiro atoms. The fourth-order valence-corrected chi connectivity index (χ4v) is 4.23. The smallest absolute Gasteiger partial charge is 0.459 e. The van der Waals surface area contributed by atoms with Crippen LogP contribution in [0.4, 0.5) is 11.8 Å². The summed E-state index contributed by atoms with van der Waals surface area (Å²) in [6.45, 7) is -0.291. The van der Waals surface area contributed by atoms with Crippen LogP contribution in [-0.4, -0.2) is 68.4 Å². The van der Waals surface area contributed by atoms with E-state index in [2.05, 4.69) is 15.0 Å². The molecule has 4 aromatic rings. The molecule has 2 aromatic heterocycles. The SMILES string of the molecule is CO[C@@H]1[C@H](OC(=O)c2ccccc2)[C@@H](COC(=O)c2ccccc2)O[C@H]1n1cnc2c(N)nc([N+](=O)[O-])nc21. The molecule has 0 bridgehead atoms. The highest BCUT2D eigenvalue weighted by atomic mass is 16.6. The molecule has 39 heavy (non-hydrogen) atoms. The van der Waals surface area contributed by atoms with Crippen LogP contribution in [0.3, 0.4) is 0 Å². The topological polar surface area (TPSA) is 184 Å². The number of methoxy groups -OCH3 is 1. The van der Waals surface area contributed by atoms with Gasteiger partial charge in [0.2, 0.25) is 11.5 Å². The molecule has 0 radical (unpaired) electrons. The van der Waals surface area contributed by atoms with Crippen molar-refractivity contribution < 1.29 is 33.5 Å². The predicted octanol–water partition coefficient (Wildman–Crippen LogP) is 2.31. The van der Waals surface area contributed by atoms with E-state index in [0.717, 1.165) is 0 Å². The Morgan fingerprint density at radius 1 is 1.03 bits per heavy atom. The van der Waals surface area contributed by atoms with E-state index in [-0.39, 0.29) is 23.6 Å². The lowest BCUT2D eigenvalue weighted by Gasteiger charge is -2.23. The Hall–Kier alpha value is -4.95. The van der Waals surface area contributed by atoms with Gasteiger partial charge in [0.05, 0.1) is 11.1 Å². The van der Waals surface area contributed by atoms with Crippen molar-refractivity contribution in [2.45, 2.75) is 24.5 Å². The van der Waals surface area contributed by atoms with E-state index in [4.69, 9.17) is 24.7 Å². The molecule has 2 N–H and O–H groups in total. The number of nitrogen functional groups attached to an aromatic ring is 1. The number of benzene rings is 2. The average Bonchev–Trinajstić information content (AvgIpc) is 3.53. The summed E-state index contributed by atoms with van der Waals surface area (Å²) < 4.78 is 24.5. The first-order chi connectivity index (χ1) is 18.9. The molecule has 1 saturated heterocycles. The molecule has 3 heterocycles. The van der Waals surface area contributed by atoms with Gasteiger partial charge in [0.25, 0.3) is 0 Å². The van der Waals surface area contributed by atoms with Gasteiger partial charge in [0.1, 0.15) is 25.1 Å². The summed E-state index contributed by atoms with van der Waals surface area (Å²) in [5.41, 5.74) is 6.60. The van der Waals surface area contributed by atoms with E-state index in [0.29, 0.717) is 11.1 Å². The molecule has 2 aromatic carbocycles. The van der Waals surface area contributed by atoms with E-state index < -0.39 is 47.4 Å². The van der Waals surface area contributed by atoms with Crippen molar-refractivity contribution >= 4 is 34.9 Å². The fraction of sp³-hybridized carbons (Fsp3) is 0.240. The largest absolute Gasteiger partial charge is 0.473 e. The van der Waals surface area contributed by atoms with E-state index in [9.17, 15) is 19.7 Å². The van der Waals surface area contributed by atoms with E-state index >= 15 is 0 Å². The van der Waals surface area contributed by atoms with Crippen LogP contribution < -0.4 is 5.73 Å². The Labute approximate surface area is 220 Å². The van der Waals surface area contributed by atoms with Crippen molar-refractivity contribution in [3.63, 3.8) is 0 Å². The number of nitro groups is 1. The van der Waals surface area contributed by atoms with Crippen LogP contribution in [-0.2, 0) is 18.9 Å². The number of hydrogen-bond acceptors (Lipinski definition) is 12. The maximum atomic E-state index is 13.0. The second-order valence-electron chi connectivity index (χ2n) is 8.46. The fourth-order valence-electron chi connectivity index (χ4n) is 4.23. The molecule has 1 aliphatic heterocycles. The van der Waals surface area contributed by atoms with Crippen molar-refractivity contribution in [2.75, 3.05) is 19.5 Å². The predicted molar refractivity (Wildman–Crippen MR) is 133 cm³/mol. The molecular weight excluding hydrogens is 512 g/mol. The second-order valence-corrected chi connectivity index (χ2v) is 8.46. The summed E-state index contributed by atoms with van der Waals surface area (Å²) in [6, 6.07) is 16.7. The van der Waals surface area contributed by atoms with Crippen molar-refractivity contribution in [1.82, 2.24) is 19.5 Å². The maximum absolute atomic E-state index is 13.0. The summed E-state index contributed by atoms with van der Waals surface area (Å²) in [5.74, 6) is -2.18. The molecule has 200 valence electrons. The summed E-state index contributed by atoms with van der Waals surface area (Å²) in [4.78, 5) is 47.9. The molecule has 14 nitrogen and oxygen atoms in total. The van der Waals surface area contributed by atoms with Gasteiger partial charge < -0.3 is 34.8 Å². The summed E-state index contributed by atoms with van der Waals surface area (Å²) >= 11 is 0. The number of anilines is 1. The Kier molecular flexibility index (Phi) is 7.12. The van der Waals surface area contributed by atoms with Crippen LogP contribution in [0.5, 0.6) is 0 Å². The van der Waals surface area contributed by atoms with Gasteiger partial charge in [-0.15, -0.1) is 0 Å². The number of carbonyl (C=O) groups excluding carboxylic acids is 2. The monoisotopic (exact) mass is 534 g/mol. The second kappa shape index (κ2) is 10.8. The number of imidazole rings is 1. The number of carbonyl (C=O) groups is 2. The van der Waals surface area contributed by atoms with Crippen molar-refractivity contribution in [3.8, 4) is 0 Å².